The highest BCUT2D eigenvalue weighted by molar-refractivity contribution is 5.92. The van der Waals surface area contributed by atoms with E-state index in [2.05, 4.69) is 24.1 Å². The van der Waals surface area contributed by atoms with Crippen LogP contribution < -0.4 is 20.5 Å². The summed E-state index contributed by atoms with van der Waals surface area (Å²) in [5, 5.41) is 13.8. The topological polar surface area (TPSA) is 116 Å². The summed E-state index contributed by atoms with van der Waals surface area (Å²) in [7, 11) is 3.28. The summed E-state index contributed by atoms with van der Waals surface area (Å²) in [6.45, 7) is 9.29. The zero-order valence-electron chi connectivity index (χ0n) is 24.2. The van der Waals surface area contributed by atoms with E-state index >= 15 is 0 Å². The van der Waals surface area contributed by atoms with Crippen LogP contribution in [0.15, 0.2) is 36.5 Å². The van der Waals surface area contributed by atoms with E-state index in [0.717, 1.165) is 18.4 Å². The number of methoxy groups -OCH3 is 2. The summed E-state index contributed by atoms with van der Waals surface area (Å²) in [5.41, 5.74) is 7.94. The highest BCUT2D eigenvalue weighted by Crippen LogP contribution is 2.32. The van der Waals surface area contributed by atoms with Crippen LogP contribution in [0.4, 0.5) is 10.1 Å². The Morgan fingerprint density at radius 3 is 2.41 bits per heavy atom. The molecular formula is C30H46FN3O5. The van der Waals surface area contributed by atoms with Gasteiger partial charge in [0.25, 0.3) is 0 Å². The summed E-state index contributed by atoms with van der Waals surface area (Å²) < 4.78 is 29.9. The average molecular weight is 548 g/mol. The molecule has 0 aliphatic heterocycles. The van der Waals surface area contributed by atoms with Crippen LogP contribution in [0, 0.1) is 29.6 Å². The van der Waals surface area contributed by atoms with Gasteiger partial charge in [0.15, 0.2) is 11.5 Å². The number of nitrogens with one attached hydrogen (secondary N) is 1. The Morgan fingerprint density at radius 1 is 1.05 bits per heavy atom. The maximum absolute atomic E-state index is 13.4. The number of carbonyl (C=O) groups is 1. The van der Waals surface area contributed by atoms with Crippen LogP contribution in [0.2, 0.25) is 0 Å². The van der Waals surface area contributed by atoms with Crippen molar-refractivity contribution in [2.75, 3.05) is 32.8 Å². The lowest BCUT2D eigenvalue weighted by Crippen LogP contribution is -2.41. The fraction of sp³-hybridized carbons (Fsp3) is 0.600. The third-order valence-electron chi connectivity index (χ3n) is 7.12. The maximum Gasteiger partial charge on any atom is 0.227 e. The quantitative estimate of drug-likeness (QED) is 0.192. The molecule has 9 heteroatoms. The number of benzene rings is 1. The molecular weight excluding hydrogens is 501 g/mol. The number of nitrogens with two attached hydrogens (primary N) is 1. The number of rotatable bonds is 17. The van der Waals surface area contributed by atoms with Gasteiger partial charge in [0.2, 0.25) is 11.9 Å². The molecule has 218 valence electrons. The van der Waals surface area contributed by atoms with E-state index in [9.17, 15) is 14.3 Å². The molecule has 0 saturated heterocycles. The minimum atomic E-state index is -0.867. The van der Waals surface area contributed by atoms with E-state index in [1.807, 2.05) is 32.0 Å². The number of hydrogen-bond acceptors (Lipinski definition) is 7. The molecule has 0 radical (unpaired) electrons. The fourth-order valence-corrected chi connectivity index (χ4v) is 4.58. The van der Waals surface area contributed by atoms with Crippen LogP contribution in [0.25, 0.3) is 0 Å². The van der Waals surface area contributed by atoms with Gasteiger partial charge in [-0.3, -0.25) is 4.79 Å². The van der Waals surface area contributed by atoms with Gasteiger partial charge in [0.05, 0.1) is 19.8 Å². The molecule has 8 nitrogen and oxygen atoms in total. The smallest absolute Gasteiger partial charge is 0.227 e. The normalized spacial score (nSPS) is 14.6. The Bertz CT molecular complexity index is 1020. The van der Waals surface area contributed by atoms with Crippen molar-refractivity contribution in [3.63, 3.8) is 0 Å². The number of aliphatic hydroxyl groups excluding tert-OH is 1. The minimum Gasteiger partial charge on any atom is -0.493 e. The van der Waals surface area contributed by atoms with Crippen LogP contribution in [-0.4, -0.2) is 55.6 Å². The molecule has 0 unspecified atom stereocenters. The molecule has 1 heterocycles. The largest absolute Gasteiger partial charge is 0.493 e. The molecule has 0 aliphatic carbocycles. The van der Waals surface area contributed by atoms with Crippen LogP contribution in [0.5, 0.6) is 11.5 Å². The van der Waals surface area contributed by atoms with Gasteiger partial charge in [0, 0.05) is 50.0 Å². The SMILES string of the molecule is COCCCOc1cc(C[C@@H](C[C@H](N)[C@@H](O)C[C@H](C(=O)Nc2ccnc(F)c2)C(C)C)C(C)C)ccc1OC. The number of halogens is 1. The number of aromatic nitrogens is 1. The Morgan fingerprint density at radius 2 is 1.79 bits per heavy atom. The van der Waals surface area contributed by atoms with Crippen molar-refractivity contribution in [3.8, 4) is 11.5 Å². The average Bonchev–Trinajstić information content (AvgIpc) is 2.88. The Labute approximate surface area is 232 Å². The van der Waals surface area contributed by atoms with Crippen molar-refractivity contribution in [1.29, 1.82) is 0 Å². The molecule has 0 fully saturated rings. The van der Waals surface area contributed by atoms with Gasteiger partial charge in [-0.05, 0) is 60.8 Å². The van der Waals surface area contributed by atoms with Crippen LogP contribution in [0.3, 0.4) is 0 Å². The zero-order chi connectivity index (χ0) is 28.9. The third-order valence-corrected chi connectivity index (χ3v) is 7.12. The lowest BCUT2D eigenvalue weighted by atomic mass is 9.81. The molecule has 0 spiro atoms. The summed E-state index contributed by atoms with van der Waals surface area (Å²) >= 11 is 0. The first-order valence-electron chi connectivity index (χ1n) is 13.7. The number of aliphatic hydroxyl groups is 1. The standard InChI is InChI=1S/C30H46FN3O5/c1-19(2)22(14-21-8-9-27(38-6)28(15-21)39-13-7-12-37-5)16-25(32)26(35)18-24(20(3)4)30(36)34-23-10-11-33-29(31)17-23/h8-11,15,17,19-20,22,24-26,35H,7,12-14,16,18,32H2,1-6H3,(H,33,34,36)/t22-,24-,25-,26-/m0/s1. The summed E-state index contributed by atoms with van der Waals surface area (Å²) in [5.74, 6) is 0.420. The van der Waals surface area contributed by atoms with E-state index in [4.69, 9.17) is 19.9 Å². The number of nitrogens with zero attached hydrogens (tertiary/aromatic N) is 1. The van der Waals surface area contributed by atoms with Crippen molar-refractivity contribution in [2.24, 2.45) is 29.4 Å². The number of anilines is 1. The van der Waals surface area contributed by atoms with Gasteiger partial charge in [-0.1, -0.05) is 33.8 Å². The maximum atomic E-state index is 13.4. The molecule has 4 N–H and O–H groups in total. The van der Waals surface area contributed by atoms with Crippen LogP contribution in [-0.2, 0) is 16.0 Å². The number of ether oxygens (including phenoxy) is 3. The first kappa shape index (κ1) is 32.5. The highest BCUT2D eigenvalue weighted by atomic mass is 19.1. The number of pyridine rings is 1. The molecule has 1 aromatic heterocycles. The minimum absolute atomic E-state index is 0.0407. The van der Waals surface area contributed by atoms with Gasteiger partial charge in [-0.25, -0.2) is 4.98 Å². The molecule has 4 atom stereocenters. The first-order chi connectivity index (χ1) is 18.5. The molecule has 39 heavy (non-hydrogen) atoms. The van der Waals surface area contributed by atoms with E-state index in [-0.39, 0.29) is 24.2 Å². The summed E-state index contributed by atoms with van der Waals surface area (Å²) in [6.07, 6.45) is 2.78. The molecule has 2 rings (SSSR count). The van der Waals surface area contributed by atoms with E-state index in [1.165, 1.54) is 18.3 Å². The lowest BCUT2D eigenvalue weighted by molar-refractivity contribution is -0.122. The Balaban J connectivity index is 2.04. The van der Waals surface area contributed by atoms with Gasteiger partial charge in [-0.15, -0.1) is 0 Å². The molecule has 0 aliphatic rings. The van der Waals surface area contributed by atoms with Gasteiger partial charge < -0.3 is 30.4 Å². The molecule has 2 aromatic rings. The van der Waals surface area contributed by atoms with Gasteiger partial charge in [-0.2, -0.15) is 4.39 Å². The molecule has 1 aromatic carbocycles. The first-order valence-corrected chi connectivity index (χ1v) is 13.7. The second kappa shape index (κ2) is 16.4. The number of amides is 1. The van der Waals surface area contributed by atoms with Crippen molar-refractivity contribution in [2.45, 2.75) is 65.5 Å². The second-order valence-electron chi connectivity index (χ2n) is 10.8. The van der Waals surface area contributed by atoms with E-state index < -0.39 is 24.0 Å². The summed E-state index contributed by atoms with van der Waals surface area (Å²) in [6, 6.07) is 8.13. The van der Waals surface area contributed by atoms with Crippen LogP contribution in [0.1, 0.15) is 52.5 Å². The predicted octanol–water partition coefficient (Wildman–Crippen LogP) is 4.84. The third kappa shape index (κ3) is 10.7. The molecule has 0 saturated carbocycles. The number of hydrogen-bond donors (Lipinski definition) is 3. The van der Waals surface area contributed by atoms with Crippen molar-refractivity contribution in [3.05, 3.63) is 48.0 Å². The highest BCUT2D eigenvalue weighted by Gasteiger charge is 2.30. The monoisotopic (exact) mass is 547 g/mol. The van der Waals surface area contributed by atoms with Crippen molar-refractivity contribution < 1.29 is 28.5 Å². The summed E-state index contributed by atoms with van der Waals surface area (Å²) in [4.78, 5) is 16.5. The van der Waals surface area contributed by atoms with Crippen molar-refractivity contribution in [1.82, 2.24) is 4.98 Å². The molecule has 1 amide bonds. The van der Waals surface area contributed by atoms with Gasteiger partial charge >= 0.3 is 0 Å². The Kier molecular flexibility index (Phi) is 13.6. The van der Waals surface area contributed by atoms with E-state index in [1.54, 1.807) is 14.2 Å². The second-order valence-corrected chi connectivity index (χ2v) is 10.8. The molecule has 0 bridgehead atoms. The number of carbonyl (C=O) groups excluding carboxylic acids is 1. The van der Waals surface area contributed by atoms with Crippen molar-refractivity contribution >= 4 is 11.6 Å². The van der Waals surface area contributed by atoms with Gasteiger partial charge in [0.1, 0.15) is 0 Å². The lowest BCUT2D eigenvalue weighted by Gasteiger charge is -2.30. The Hall–Kier alpha value is -2.75. The van der Waals surface area contributed by atoms with Crippen LogP contribution >= 0.6 is 0 Å². The van der Waals surface area contributed by atoms with E-state index in [0.29, 0.717) is 42.7 Å². The fourth-order valence-electron chi connectivity index (χ4n) is 4.58. The zero-order valence-corrected chi connectivity index (χ0v) is 24.2. The predicted molar refractivity (Wildman–Crippen MR) is 151 cm³/mol.